The van der Waals surface area contributed by atoms with Crippen LogP contribution in [0.1, 0.15) is 31.2 Å². The van der Waals surface area contributed by atoms with Gasteiger partial charge in [-0.25, -0.2) is 9.78 Å². The van der Waals surface area contributed by atoms with Gasteiger partial charge in [0.05, 0.1) is 12.1 Å². The number of anilines is 1. The molecular weight excluding hydrogens is 312 g/mol. The molecule has 3 amide bonds. The number of nitrogens with zero attached hydrogens (tertiary/aromatic N) is 1. The standard InChI is InChI=1S/C16H22N4O2S/c1-10-6-7-17-13(8-10)19-14(21)5-3-2-4-12-15-11(9-23-12)18-16(22)20-15/h6-8,11-12,15H,2-5,9H2,1H3,(H,17,19,21)(H2,18,20,22)/t11-,12-,15-/m0/s1. The van der Waals surface area contributed by atoms with E-state index in [0.29, 0.717) is 17.5 Å². The van der Waals surface area contributed by atoms with Crippen LogP contribution in [0.5, 0.6) is 0 Å². The number of unbranched alkanes of at least 4 members (excludes halogenated alkanes) is 1. The highest BCUT2D eigenvalue weighted by atomic mass is 32.2. The topological polar surface area (TPSA) is 83.1 Å². The van der Waals surface area contributed by atoms with Gasteiger partial charge in [-0.3, -0.25) is 4.79 Å². The van der Waals surface area contributed by atoms with Crippen molar-refractivity contribution in [3.63, 3.8) is 0 Å². The molecule has 0 radical (unpaired) electrons. The molecule has 3 heterocycles. The van der Waals surface area contributed by atoms with Gasteiger partial charge in [0.25, 0.3) is 0 Å². The quantitative estimate of drug-likeness (QED) is 0.549. The molecule has 23 heavy (non-hydrogen) atoms. The lowest BCUT2D eigenvalue weighted by molar-refractivity contribution is -0.116. The summed E-state index contributed by atoms with van der Waals surface area (Å²) in [6.07, 6.45) is 5.08. The molecule has 2 aliphatic heterocycles. The molecule has 3 atom stereocenters. The number of pyridine rings is 1. The van der Waals surface area contributed by atoms with E-state index in [-0.39, 0.29) is 24.0 Å². The molecule has 1 aromatic heterocycles. The molecule has 6 nitrogen and oxygen atoms in total. The van der Waals surface area contributed by atoms with Gasteiger partial charge in [0, 0.05) is 23.6 Å². The van der Waals surface area contributed by atoms with Gasteiger partial charge in [-0.2, -0.15) is 11.8 Å². The molecule has 0 aliphatic carbocycles. The minimum absolute atomic E-state index is 0.0101. The molecule has 0 aromatic carbocycles. The molecule has 1 aromatic rings. The van der Waals surface area contributed by atoms with E-state index in [0.717, 1.165) is 30.6 Å². The van der Waals surface area contributed by atoms with Crippen molar-refractivity contribution in [2.75, 3.05) is 11.1 Å². The second-order valence-electron chi connectivity index (χ2n) is 6.13. The number of thioether (sulfide) groups is 1. The number of rotatable bonds is 6. The number of fused-ring (bicyclic) bond motifs is 1. The Bertz CT molecular complexity index is 595. The van der Waals surface area contributed by atoms with Gasteiger partial charge in [-0.15, -0.1) is 0 Å². The van der Waals surface area contributed by atoms with E-state index in [2.05, 4.69) is 20.9 Å². The number of aromatic nitrogens is 1. The summed E-state index contributed by atoms with van der Waals surface area (Å²) in [5.74, 6) is 1.60. The zero-order valence-corrected chi connectivity index (χ0v) is 14.0. The summed E-state index contributed by atoms with van der Waals surface area (Å²) in [5.41, 5.74) is 1.08. The average Bonchev–Trinajstić information content (AvgIpc) is 3.03. The third-order valence-corrected chi connectivity index (χ3v) is 5.77. The lowest BCUT2D eigenvalue weighted by Gasteiger charge is -2.16. The molecule has 7 heteroatoms. The molecule has 3 rings (SSSR count). The van der Waals surface area contributed by atoms with Crippen molar-refractivity contribution >= 4 is 29.5 Å². The number of amides is 3. The maximum atomic E-state index is 11.9. The minimum atomic E-state index is -0.0460. The molecule has 3 N–H and O–H groups in total. The molecule has 2 saturated heterocycles. The number of hydrogen-bond acceptors (Lipinski definition) is 4. The number of aryl methyl sites for hydroxylation is 1. The Morgan fingerprint density at radius 3 is 3.13 bits per heavy atom. The maximum Gasteiger partial charge on any atom is 0.315 e. The summed E-state index contributed by atoms with van der Waals surface area (Å²) in [6.45, 7) is 1.97. The van der Waals surface area contributed by atoms with Crippen LogP contribution in [-0.4, -0.2) is 40.0 Å². The Balaban J connectivity index is 1.35. The molecule has 0 unspecified atom stereocenters. The number of carbonyl (C=O) groups is 2. The van der Waals surface area contributed by atoms with Crippen LogP contribution in [0.2, 0.25) is 0 Å². The lowest BCUT2D eigenvalue weighted by Crippen LogP contribution is -2.36. The van der Waals surface area contributed by atoms with E-state index in [9.17, 15) is 9.59 Å². The monoisotopic (exact) mass is 334 g/mol. The van der Waals surface area contributed by atoms with Crippen LogP contribution in [0.4, 0.5) is 10.6 Å². The van der Waals surface area contributed by atoms with E-state index in [4.69, 9.17) is 0 Å². The lowest BCUT2D eigenvalue weighted by atomic mass is 10.0. The summed E-state index contributed by atoms with van der Waals surface area (Å²) >= 11 is 1.91. The van der Waals surface area contributed by atoms with Crippen molar-refractivity contribution in [2.24, 2.45) is 0 Å². The van der Waals surface area contributed by atoms with Crippen LogP contribution in [0.25, 0.3) is 0 Å². The third kappa shape index (κ3) is 4.16. The first-order chi connectivity index (χ1) is 11.1. The molecule has 124 valence electrons. The van der Waals surface area contributed by atoms with Gasteiger partial charge in [-0.1, -0.05) is 6.42 Å². The van der Waals surface area contributed by atoms with Crippen molar-refractivity contribution in [3.8, 4) is 0 Å². The van der Waals surface area contributed by atoms with E-state index >= 15 is 0 Å². The first-order valence-corrected chi connectivity index (χ1v) is 9.08. The van der Waals surface area contributed by atoms with Gasteiger partial charge >= 0.3 is 6.03 Å². The minimum Gasteiger partial charge on any atom is -0.332 e. The van der Waals surface area contributed by atoms with Crippen molar-refractivity contribution in [2.45, 2.75) is 49.9 Å². The zero-order valence-electron chi connectivity index (χ0n) is 13.2. The van der Waals surface area contributed by atoms with E-state index in [1.54, 1.807) is 6.20 Å². The highest BCUT2D eigenvalue weighted by Crippen LogP contribution is 2.33. The number of carbonyl (C=O) groups excluding carboxylic acids is 2. The van der Waals surface area contributed by atoms with Gasteiger partial charge in [0.2, 0.25) is 5.91 Å². The van der Waals surface area contributed by atoms with Crippen molar-refractivity contribution in [3.05, 3.63) is 23.9 Å². The second-order valence-corrected chi connectivity index (χ2v) is 7.41. The number of urea groups is 1. The predicted octanol–water partition coefficient (Wildman–Crippen LogP) is 2.05. The molecule has 0 spiro atoms. The fourth-order valence-corrected chi connectivity index (χ4v) is 4.63. The highest BCUT2D eigenvalue weighted by molar-refractivity contribution is 8.00. The van der Waals surface area contributed by atoms with Crippen LogP contribution >= 0.6 is 11.8 Å². The zero-order chi connectivity index (χ0) is 16.2. The SMILES string of the molecule is Cc1ccnc(NC(=O)CCCC[C@@H]2SC[C@@H]3NC(=O)N[C@@H]32)c1. The Labute approximate surface area is 140 Å². The van der Waals surface area contributed by atoms with Gasteiger partial charge in [0.1, 0.15) is 5.82 Å². The van der Waals surface area contributed by atoms with Crippen LogP contribution in [0.15, 0.2) is 18.3 Å². The molecule has 2 fully saturated rings. The van der Waals surface area contributed by atoms with Crippen LogP contribution in [-0.2, 0) is 4.79 Å². The van der Waals surface area contributed by atoms with E-state index < -0.39 is 0 Å². The number of nitrogens with one attached hydrogen (secondary N) is 3. The Morgan fingerprint density at radius 1 is 1.43 bits per heavy atom. The van der Waals surface area contributed by atoms with Gasteiger partial charge < -0.3 is 16.0 Å². The Kier molecular flexibility index (Phi) is 5.05. The van der Waals surface area contributed by atoms with Crippen LogP contribution in [0.3, 0.4) is 0 Å². The van der Waals surface area contributed by atoms with Crippen LogP contribution in [0, 0.1) is 6.92 Å². The first kappa shape index (κ1) is 16.1. The summed E-state index contributed by atoms with van der Waals surface area (Å²) < 4.78 is 0. The van der Waals surface area contributed by atoms with Gasteiger partial charge in [0.15, 0.2) is 0 Å². The normalized spacial score (nSPS) is 25.6. The average molecular weight is 334 g/mol. The molecule has 2 aliphatic rings. The van der Waals surface area contributed by atoms with Crippen LogP contribution < -0.4 is 16.0 Å². The van der Waals surface area contributed by atoms with E-state index in [1.165, 1.54) is 0 Å². The second kappa shape index (κ2) is 7.21. The smallest absolute Gasteiger partial charge is 0.315 e. The Morgan fingerprint density at radius 2 is 2.30 bits per heavy atom. The van der Waals surface area contributed by atoms with E-state index in [1.807, 2.05) is 30.8 Å². The first-order valence-electron chi connectivity index (χ1n) is 8.03. The van der Waals surface area contributed by atoms with Crippen molar-refractivity contribution in [1.82, 2.24) is 15.6 Å². The Hall–Kier alpha value is -1.76. The predicted molar refractivity (Wildman–Crippen MR) is 91.6 cm³/mol. The summed E-state index contributed by atoms with van der Waals surface area (Å²) in [6, 6.07) is 4.24. The molecule has 0 saturated carbocycles. The summed E-state index contributed by atoms with van der Waals surface area (Å²) in [4.78, 5) is 27.4. The fourth-order valence-electron chi connectivity index (χ4n) is 3.08. The largest absolute Gasteiger partial charge is 0.332 e. The summed E-state index contributed by atoms with van der Waals surface area (Å²) in [5, 5.41) is 9.23. The fraction of sp³-hybridized carbons (Fsp3) is 0.562. The highest BCUT2D eigenvalue weighted by Gasteiger charge is 2.42. The summed E-state index contributed by atoms with van der Waals surface area (Å²) in [7, 11) is 0. The number of hydrogen-bond donors (Lipinski definition) is 3. The van der Waals surface area contributed by atoms with Crippen molar-refractivity contribution < 1.29 is 9.59 Å². The maximum absolute atomic E-state index is 11.9. The van der Waals surface area contributed by atoms with Gasteiger partial charge in [-0.05, 0) is 37.5 Å². The molecule has 0 bridgehead atoms. The van der Waals surface area contributed by atoms with Crippen molar-refractivity contribution in [1.29, 1.82) is 0 Å². The third-order valence-electron chi connectivity index (χ3n) is 4.26. The molecular formula is C16H22N4O2S.